The van der Waals surface area contributed by atoms with Gasteiger partial charge in [-0.15, -0.1) is 0 Å². The van der Waals surface area contributed by atoms with Gasteiger partial charge in [0.25, 0.3) is 0 Å². The zero-order chi connectivity index (χ0) is 70.7. The van der Waals surface area contributed by atoms with Gasteiger partial charge in [-0.2, -0.15) is 0 Å². The SMILES string of the molecule is COc1ccc(OC)c2c3ccc(c12)-c1ccc(cc1)-c1ccc(cc1)-c1ccc(c2c(OC)ccc(OC)c12)-c1ccc(cc1)-c1ccc(cc1)-c1ccc(c2c(OC)ccc(OC)c12)-c1ccc(cc1)-c1ccc(cc1)-c1ccc(c2c(OC)ccc(OC)c12)-c1ccc(cc1)-c1ccc-3cc1. The van der Waals surface area contributed by atoms with E-state index < -0.39 is 0 Å². The second-order valence-corrected chi connectivity index (χ2v) is 26.1. The molecule has 26 aliphatic rings. The quantitative estimate of drug-likeness (QED) is 0.149. The maximum atomic E-state index is 6.18. The van der Waals surface area contributed by atoms with E-state index >= 15 is 0 Å². The van der Waals surface area contributed by atoms with E-state index in [0.29, 0.717) is 0 Å². The molecule has 0 spiro atoms. The van der Waals surface area contributed by atoms with Crippen molar-refractivity contribution in [2.45, 2.75) is 0 Å². The fraction of sp³-hybridized carbons (Fsp3) is 0.0833. The molecule has 16 aromatic rings. The molecule has 8 heteroatoms. The monoisotopic (exact) mass is 1350 g/mol. The van der Waals surface area contributed by atoms with E-state index in [4.69, 9.17) is 37.9 Å². The van der Waals surface area contributed by atoms with Crippen LogP contribution in [0.2, 0.25) is 0 Å². The average Bonchev–Trinajstić information content (AvgIpc) is 0.766. The smallest absolute Gasteiger partial charge is 0.127 e. The topological polar surface area (TPSA) is 73.8 Å². The van der Waals surface area contributed by atoms with E-state index in [1.54, 1.807) is 56.9 Å². The van der Waals surface area contributed by atoms with Crippen LogP contribution in [0.25, 0.3) is 177 Å². The molecule has 0 atom stereocenters. The number of hydrogen-bond acceptors (Lipinski definition) is 8. The number of methoxy groups -OCH3 is 8. The van der Waals surface area contributed by atoms with Crippen molar-refractivity contribution in [1.29, 1.82) is 0 Å². The lowest BCUT2D eigenvalue weighted by molar-refractivity contribution is 0.410. The van der Waals surface area contributed by atoms with Crippen LogP contribution in [0.4, 0.5) is 0 Å². The van der Waals surface area contributed by atoms with E-state index in [9.17, 15) is 0 Å². The minimum absolute atomic E-state index is 0.763. The summed E-state index contributed by atoms with van der Waals surface area (Å²) >= 11 is 0. The molecular weight excluding hydrogens is 1280 g/mol. The molecule has 0 aliphatic heterocycles. The third-order valence-corrected chi connectivity index (χ3v) is 21.0. The minimum atomic E-state index is 0.763. The Morgan fingerprint density at radius 3 is 0.279 bits per heavy atom. The summed E-state index contributed by atoms with van der Waals surface area (Å²) < 4.78 is 49.4. The third-order valence-electron chi connectivity index (χ3n) is 21.0. The molecule has 8 nitrogen and oxygen atoms in total. The van der Waals surface area contributed by atoms with Gasteiger partial charge in [-0.05, 0) is 182 Å². The van der Waals surface area contributed by atoms with Crippen LogP contribution in [-0.4, -0.2) is 56.9 Å². The maximum absolute atomic E-state index is 6.18. The Morgan fingerprint density at radius 2 is 0.192 bits per heavy atom. The molecule has 0 radical (unpaired) electrons. The summed E-state index contributed by atoms with van der Waals surface area (Å²) in [6, 6.07) is 104. The predicted octanol–water partition coefficient (Wildman–Crippen LogP) is 24.7. The molecular formula is C96H72O8. The number of fused-ring (bicyclic) bond motifs is 3. The summed E-state index contributed by atoms with van der Waals surface area (Å²) in [4.78, 5) is 0. The van der Waals surface area contributed by atoms with Gasteiger partial charge in [-0.3, -0.25) is 0 Å². The molecule has 104 heavy (non-hydrogen) atoms. The average molecular weight is 1350 g/mol. The van der Waals surface area contributed by atoms with Crippen molar-refractivity contribution in [3.63, 3.8) is 0 Å². The van der Waals surface area contributed by atoms with Crippen LogP contribution in [-0.2, 0) is 0 Å². The first kappa shape index (κ1) is 64.3. The second kappa shape index (κ2) is 26.8. The number of rotatable bonds is 8. The summed E-state index contributed by atoms with van der Waals surface area (Å²) in [6.07, 6.45) is 0. The second-order valence-electron chi connectivity index (χ2n) is 26.1. The van der Waals surface area contributed by atoms with Gasteiger partial charge >= 0.3 is 0 Å². The van der Waals surface area contributed by atoms with Gasteiger partial charge in [0.1, 0.15) is 46.0 Å². The standard InChI is InChI=1S/C96H72O8/c1-97-81-49-50-82(98-2)90-74-42-41-73(89(81)90)65-25-9-57(10-26-65)59-13-29-67(30-14-59)75-43-44-77(93-85(101-5)52-51-83(99-3)91(75)93)69-33-17-61(18-34-69)63-21-37-71(38-22-63)79-47-48-80(96-88(104-8)56-55-87(103-7)95(79)96)72-39-23-64(24-40-72)62-19-35-70(36-20-62)78-46-45-76(92-84(100-4)53-54-86(102-6)94(78)92)68-31-15-60(16-32-68)58-11-27-66(74)28-12-58/h9-56H,1-8H3. The highest BCUT2D eigenvalue weighted by molar-refractivity contribution is 6.15. The summed E-state index contributed by atoms with van der Waals surface area (Å²) in [5.74, 6) is 6.10. The Kier molecular flexibility index (Phi) is 16.6. The Hall–Kier alpha value is -13.0. The lowest BCUT2D eigenvalue weighted by Crippen LogP contribution is -1.95. The number of benzene rings is 16. The number of ether oxygens (including phenoxy) is 8. The molecule has 0 unspecified atom stereocenters. The summed E-state index contributed by atoms with van der Waals surface area (Å²) in [5, 5.41) is 7.81. The molecule has 0 saturated carbocycles. The molecule has 0 N–H and O–H groups in total. The third kappa shape index (κ3) is 10.9. The molecule has 0 saturated heterocycles. The van der Waals surface area contributed by atoms with E-state index in [1.807, 2.05) is 48.5 Å². The zero-order valence-electron chi connectivity index (χ0n) is 59.0. The highest BCUT2D eigenvalue weighted by Gasteiger charge is 2.24. The van der Waals surface area contributed by atoms with Gasteiger partial charge in [0.05, 0.1) is 56.9 Å². The minimum Gasteiger partial charge on any atom is -0.496 e. The van der Waals surface area contributed by atoms with Crippen LogP contribution in [0.5, 0.6) is 46.0 Å². The highest BCUT2D eigenvalue weighted by Crippen LogP contribution is 2.51. The van der Waals surface area contributed by atoms with Crippen molar-refractivity contribution < 1.29 is 37.9 Å². The van der Waals surface area contributed by atoms with Crippen LogP contribution in [0.1, 0.15) is 0 Å². The van der Waals surface area contributed by atoms with Crippen LogP contribution >= 0.6 is 0 Å². The number of hydrogen-bond donors (Lipinski definition) is 0. The summed E-state index contributed by atoms with van der Waals surface area (Å²) in [7, 11) is 13.9. The fourth-order valence-electron chi connectivity index (χ4n) is 15.8. The van der Waals surface area contributed by atoms with E-state index in [2.05, 4.69) is 243 Å². The first-order valence-electron chi connectivity index (χ1n) is 34.8. The normalized spacial score (nSPS) is 11.5. The Balaban J connectivity index is 0.784. The van der Waals surface area contributed by atoms with E-state index in [-0.39, 0.29) is 0 Å². The van der Waals surface area contributed by atoms with Gasteiger partial charge in [0.2, 0.25) is 0 Å². The fourth-order valence-corrected chi connectivity index (χ4v) is 15.8. The summed E-state index contributed by atoms with van der Waals surface area (Å²) in [5.41, 5.74) is 25.5. The van der Waals surface area contributed by atoms with Crippen LogP contribution in [0, 0.1) is 0 Å². The lowest BCUT2D eigenvalue weighted by atomic mass is 9.88. The van der Waals surface area contributed by atoms with E-state index in [1.165, 1.54) is 0 Å². The molecule has 16 aromatic carbocycles. The van der Waals surface area contributed by atoms with Gasteiger partial charge in [-0.1, -0.05) is 243 Å². The molecule has 0 aromatic heterocycles. The molecule has 42 rings (SSSR count). The largest absolute Gasteiger partial charge is 0.496 e. The molecule has 26 aliphatic carbocycles. The molecule has 0 fully saturated rings. The van der Waals surface area contributed by atoms with Crippen LogP contribution in [0.15, 0.2) is 291 Å². The Bertz CT molecular complexity index is 4870. The molecule has 0 heterocycles. The first-order valence-corrected chi connectivity index (χ1v) is 34.8. The van der Waals surface area contributed by atoms with Crippen molar-refractivity contribution in [3.8, 4) is 180 Å². The van der Waals surface area contributed by atoms with Crippen molar-refractivity contribution in [1.82, 2.24) is 0 Å². The van der Waals surface area contributed by atoms with Crippen LogP contribution in [0.3, 0.4) is 0 Å². The highest BCUT2D eigenvalue weighted by atomic mass is 16.5. The Morgan fingerprint density at radius 1 is 0.106 bits per heavy atom. The van der Waals surface area contributed by atoms with Gasteiger partial charge in [0, 0.05) is 43.1 Å². The van der Waals surface area contributed by atoms with Crippen molar-refractivity contribution in [2.75, 3.05) is 56.9 Å². The summed E-state index contributed by atoms with van der Waals surface area (Å²) in [6.45, 7) is 0. The molecule has 0 amide bonds. The van der Waals surface area contributed by atoms with Crippen molar-refractivity contribution in [2.24, 2.45) is 0 Å². The zero-order valence-corrected chi connectivity index (χ0v) is 59.0. The van der Waals surface area contributed by atoms with Gasteiger partial charge < -0.3 is 37.9 Å². The molecule has 504 valence electrons. The van der Waals surface area contributed by atoms with Gasteiger partial charge in [0.15, 0.2) is 0 Å². The molecule has 24 bridgehead atoms. The van der Waals surface area contributed by atoms with E-state index in [0.717, 1.165) is 223 Å². The van der Waals surface area contributed by atoms with Crippen LogP contribution < -0.4 is 37.9 Å². The van der Waals surface area contributed by atoms with Crippen molar-refractivity contribution in [3.05, 3.63) is 291 Å². The van der Waals surface area contributed by atoms with Gasteiger partial charge in [-0.25, -0.2) is 0 Å². The lowest BCUT2D eigenvalue weighted by Gasteiger charge is -2.19. The first-order chi connectivity index (χ1) is 51.2. The maximum Gasteiger partial charge on any atom is 0.127 e. The van der Waals surface area contributed by atoms with Crippen molar-refractivity contribution >= 4 is 43.1 Å². The predicted molar refractivity (Wildman–Crippen MR) is 428 cm³/mol. The Labute approximate surface area is 605 Å².